The summed E-state index contributed by atoms with van der Waals surface area (Å²) in [5.74, 6) is 0.391. The molecule has 1 heterocycles. The Morgan fingerprint density at radius 3 is 2.61 bits per heavy atom. The van der Waals surface area contributed by atoms with E-state index in [2.05, 4.69) is 24.9 Å². The van der Waals surface area contributed by atoms with Gasteiger partial charge in [-0.3, -0.25) is 0 Å². The molecule has 2 N–H and O–H groups in total. The minimum Gasteiger partial charge on any atom is -0.385 e. The Kier molecular flexibility index (Phi) is 3.11. The predicted molar refractivity (Wildman–Crippen MR) is 72.7 cm³/mol. The minimum atomic E-state index is -0.242. The van der Waals surface area contributed by atoms with Crippen LogP contribution in [0.25, 0.3) is 0 Å². The fraction of sp³-hybridized carbons (Fsp3) is 0.429. The number of amides is 2. The number of carbonyl (C=O) groups excluding carboxylic acids is 1. The lowest BCUT2D eigenvalue weighted by Crippen LogP contribution is -2.38. The van der Waals surface area contributed by atoms with Gasteiger partial charge in [-0.2, -0.15) is 4.99 Å². The van der Waals surface area contributed by atoms with E-state index in [0.29, 0.717) is 5.84 Å². The van der Waals surface area contributed by atoms with Crippen molar-refractivity contribution in [2.75, 3.05) is 0 Å². The quantitative estimate of drug-likeness (QED) is 0.870. The maximum absolute atomic E-state index is 11.9. The Bertz CT molecular complexity index is 520. The zero-order valence-corrected chi connectivity index (χ0v) is 11.3. The summed E-state index contributed by atoms with van der Waals surface area (Å²) in [6, 6.07) is 5.68. The summed E-state index contributed by atoms with van der Waals surface area (Å²) in [6.07, 6.45) is 0. The number of hydrogen-bond acceptors (Lipinski definition) is 2. The standard InChI is InChI=1S/C14H19N3O/c1-8(2)17-12(13(15)16-14(17)18)11-7-5-6-9(3)10(11)4/h5-8,12H,1-4H3,(H2,15,16,18). The van der Waals surface area contributed by atoms with Gasteiger partial charge in [0.05, 0.1) is 0 Å². The fourth-order valence-electron chi connectivity index (χ4n) is 2.38. The number of aryl methyl sites for hydroxylation is 1. The summed E-state index contributed by atoms with van der Waals surface area (Å²) in [6.45, 7) is 8.07. The van der Waals surface area contributed by atoms with Crippen LogP contribution in [0.4, 0.5) is 4.79 Å². The molecule has 0 bridgehead atoms. The van der Waals surface area contributed by atoms with Crippen molar-refractivity contribution in [1.82, 2.24) is 4.90 Å². The van der Waals surface area contributed by atoms with E-state index in [1.165, 1.54) is 11.1 Å². The first-order valence-corrected chi connectivity index (χ1v) is 6.16. The monoisotopic (exact) mass is 245 g/mol. The highest BCUT2D eigenvalue weighted by Crippen LogP contribution is 2.31. The minimum absolute atomic E-state index is 0.0761. The summed E-state index contributed by atoms with van der Waals surface area (Å²) in [4.78, 5) is 17.5. The van der Waals surface area contributed by atoms with Crippen molar-refractivity contribution < 1.29 is 4.79 Å². The van der Waals surface area contributed by atoms with Crippen molar-refractivity contribution in [3.05, 3.63) is 34.9 Å². The molecule has 1 unspecified atom stereocenters. The topological polar surface area (TPSA) is 58.7 Å². The Morgan fingerprint density at radius 1 is 1.33 bits per heavy atom. The molecule has 2 rings (SSSR count). The number of benzene rings is 1. The second-order valence-electron chi connectivity index (χ2n) is 5.01. The highest BCUT2D eigenvalue weighted by molar-refractivity contribution is 6.03. The molecule has 1 aliphatic rings. The third-order valence-corrected chi connectivity index (χ3v) is 3.50. The molecule has 0 spiro atoms. The maximum Gasteiger partial charge on any atom is 0.346 e. The number of aliphatic imine (C=N–C) groups is 1. The summed E-state index contributed by atoms with van der Waals surface area (Å²) >= 11 is 0. The van der Waals surface area contributed by atoms with Crippen LogP contribution in [0.5, 0.6) is 0 Å². The Labute approximate surface area is 108 Å². The Hall–Kier alpha value is -1.84. The SMILES string of the molecule is Cc1cccc(C2C(N)=NC(=O)N2C(C)C)c1C. The van der Waals surface area contributed by atoms with Gasteiger partial charge in [0.15, 0.2) is 0 Å². The van der Waals surface area contributed by atoms with Gasteiger partial charge in [0.2, 0.25) is 0 Å². The zero-order valence-electron chi connectivity index (χ0n) is 11.3. The van der Waals surface area contributed by atoms with E-state index in [9.17, 15) is 4.79 Å². The van der Waals surface area contributed by atoms with Gasteiger partial charge >= 0.3 is 6.03 Å². The molecule has 1 atom stereocenters. The first-order chi connectivity index (χ1) is 8.43. The predicted octanol–water partition coefficient (Wildman–Crippen LogP) is 2.55. The van der Waals surface area contributed by atoms with Gasteiger partial charge in [0.25, 0.3) is 0 Å². The summed E-state index contributed by atoms with van der Waals surface area (Å²) in [5.41, 5.74) is 9.37. The zero-order chi connectivity index (χ0) is 13.4. The van der Waals surface area contributed by atoms with E-state index in [0.717, 1.165) is 5.56 Å². The fourth-order valence-corrected chi connectivity index (χ4v) is 2.38. The van der Waals surface area contributed by atoms with Crippen LogP contribution < -0.4 is 5.73 Å². The second-order valence-corrected chi connectivity index (χ2v) is 5.01. The third kappa shape index (κ3) is 1.88. The summed E-state index contributed by atoms with van der Waals surface area (Å²) in [5, 5.41) is 0. The van der Waals surface area contributed by atoms with Gasteiger partial charge in [0, 0.05) is 6.04 Å². The lowest BCUT2D eigenvalue weighted by atomic mass is 9.96. The Morgan fingerprint density at radius 2 is 2.00 bits per heavy atom. The van der Waals surface area contributed by atoms with Gasteiger partial charge in [-0.05, 0) is 44.4 Å². The van der Waals surface area contributed by atoms with Crippen LogP contribution in [-0.2, 0) is 0 Å². The van der Waals surface area contributed by atoms with E-state index in [1.54, 1.807) is 4.90 Å². The van der Waals surface area contributed by atoms with E-state index < -0.39 is 0 Å². The van der Waals surface area contributed by atoms with E-state index >= 15 is 0 Å². The van der Waals surface area contributed by atoms with Gasteiger partial charge < -0.3 is 10.6 Å². The van der Waals surface area contributed by atoms with Crippen molar-refractivity contribution in [2.45, 2.75) is 39.8 Å². The molecule has 0 aliphatic carbocycles. The summed E-state index contributed by atoms with van der Waals surface area (Å²) in [7, 11) is 0. The van der Waals surface area contributed by atoms with Crippen LogP contribution in [0.3, 0.4) is 0 Å². The van der Waals surface area contributed by atoms with Gasteiger partial charge in [0.1, 0.15) is 11.9 Å². The van der Waals surface area contributed by atoms with Gasteiger partial charge in [-0.25, -0.2) is 4.79 Å². The molecular weight excluding hydrogens is 226 g/mol. The molecule has 1 aliphatic heterocycles. The van der Waals surface area contributed by atoms with Crippen molar-refractivity contribution in [3.63, 3.8) is 0 Å². The number of hydrogen-bond donors (Lipinski definition) is 1. The molecule has 1 aromatic rings. The molecule has 1 aromatic carbocycles. The number of nitrogens with two attached hydrogens (primary N) is 1. The average Bonchev–Trinajstić information content (AvgIpc) is 2.57. The molecule has 4 nitrogen and oxygen atoms in total. The van der Waals surface area contributed by atoms with Crippen molar-refractivity contribution in [1.29, 1.82) is 0 Å². The maximum atomic E-state index is 11.9. The van der Waals surface area contributed by atoms with E-state index in [-0.39, 0.29) is 18.1 Å². The molecule has 4 heteroatoms. The van der Waals surface area contributed by atoms with Crippen molar-refractivity contribution in [3.8, 4) is 0 Å². The highest BCUT2D eigenvalue weighted by atomic mass is 16.2. The largest absolute Gasteiger partial charge is 0.385 e. The van der Waals surface area contributed by atoms with E-state index in [1.807, 2.05) is 26.0 Å². The van der Waals surface area contributed by atoms with Crippen LogP contribution >= 0.6 is 0 Å². The van der Waals surface area contributed by atoms with Crippen LogP contribution in [0.2, 0.25) is 0 Å². The van der Waals surface area contributed by atoms with Crippen LogP contribution in [0, 0.1) is 13.8 Å². The molecule has 96 valence electrons. The Balaban J connectivity index is 2.51. The summed E-state index contributed by atoms with van der Waals surface area (Å²) < 4.78 is 0. The van der Waals surface area contributed by atoms with Crippen LogP contribution in [0.15, 0.2) is 23.2 Å². The van der Waals surface area contributed by atoms with Gasteiger partial charge in [-0.1, -0.05) is 18.2 Å². The first kappa shape index (κ1) is 12.6. The second kappa shape index (κ2) is 4.44. The van der Waals surface area contributed by atoms with Crippen molar-refractivity contribution in [2.24, 2.45) is 10.7 Å². The van der Waals surface area contributed by atoms with E-state index in [4.69, 9.17) is 5.73 Å². The van der Waals surface area contributed by atoms with Gasteiger partial charge in [-0.15, -0.1) is 0 Å². The number of nitrogens with zero attached hydrogens (tertiary/aromatic N) is 2. The molecule has 0 fully saturated rings. The lowest BCUT2D eigenvalue weighted by molar-refractivity contribution is 0.190. The smallest absolute Gasteiger partial charge is 0.346 e. The molecule has 0 saturated heterocycles. The lowest BCUT2D eigenvalue weighted by Gasteiger charge is -2.29. The highest BCUT2D eigenvalue weighted by Gasteiger charge is 2.36. The number of carbonyl (C=O) groups is 1. The molecular formula is C14H19N3O. The van der Waals surface area contributed by atoms with Crippen LogP contribution in [0.1, 0.15) is 36.6 Å². The number of rotatable bonds is 2. The molecule has 18 heavy (non-hydrogen) atoms. The number of urea groups is 1. The molecule has 0 aromatic heterocycles. The number of amidine groups is 1. The third-order valence-electron chi connectivity index (χ3n) is 3.50. The normalized spacial score (nSPS) is 19.6. The molecule has 2 amide bonds. The average molecular weight is 245 g/mol. The van der Waals surface area contributed by atoms with Crippen LogP contribution in [-0.4, -0.2) is 22.8 Å². The molecule has 0 radical (unpaired) electrons. The van der Waals surface area contributed by atoms with Crippen molar-refractivity contribution >= 4 is 11.9 Å². The first-order valence-electron chi connectivity index (χ1n) is 6.16. The molecule has 0 saturated carbocycles.